The Hall–Kier alpha value is -3.28. The number of carbonyl (C=O) groups excluding carboxylic acids is 3. The molecule has 2 bridgehead atoms. The van der Waals surface area contributed by atoms with E-state index >= 15 is 0 Å². The summed E-state index contributed by atoms with van der Waals surface area (Å²) < 4.78 is 13.2. The zero-order valence-electron chi connectivity index (χ0n) is 16.2. The molecule has 1 saturated carbocycles. The lowest BCUT2D eigenvalue weighted by molar-refractivity contribution is -0.147. The molecule has 6 heteroatoms. The zero-order valence-corrected chi connectivity index (χ0v) is 16.2. The number of fused-ring (bicyclic) bond motifs is 5. The highest BCUT2D eigenvalue weighted by Gasteiger charge is 2.61. The van der Waals surface area contributed by atoms with Gasteiger partial charge in [-0.05, 0) is 48.1 Å². The molecule has 0 radical (unpaired) electrons. The van der Waals surface area contributed by atoms with Crippen molar-refractivity contribution in [3.8, 4) is 0 Å². The molecule has 3 amide bonds. The van der Waals surface area contributed by atoms with Gasteiger partial charge in [0.2, 0.25) is 17.7 Å². The van der Waals surface area contributed by atoms with Crippen molar-refractivity contribution in [1.82, 2.24) is 4.90 Å². The summed E-state index contributed by atoms with van der Waals surface area (Å²) in [5, 5.41) is 2.74. The minimum absolute atomic E-state index is 0.0824. The summed E-state index contributed by atoms with van der Waals surface area (Å²) in [4.78, 5) is 40.9. The summed E-state index contributed by atoms with van der Waals surface area (Å²) in [6, 6.07) is 13.8. The molecule has 1 heterocycles. The fourth-order valence-corrected chi connectivity index (χ4v) is 5.13. The molecule has 5 nitrogen and oxygen atoms in total. The van der Waals surface area contributed by atoms with E-state index in [1.807, 2.05) is 42.5 Å². The highest BCUT2D eigenvalue weighted by molar-refractivity contribution is 6.10. The number of benzene rings is 2. The number of likely N-dealkylation sites (tertiary alicyclic amines) is 1. The van der Waals surface area contributed by atoms with Gasteiger partial charge in [-0.2, -0.15) is 0 Å². The van der Waals surface area contributed by atoms with Gasteiger partial charge in [0, 0.05) is 12.1 Å². The van der Waals surface area contributed by atoms with Crippen LogP contribution in [0.15, 0.2) is 66.7 Å². The van der Waals surface area contributed by atoms with Crippen LogP contribution in [-0.4, -0.2) is 28.7 Å². The van der Waals surface area contributed by atoms with Crippen LogP contribution >= 0.6 is 0 Å². The summed E-state index contributed by atoms with van der Waals surface area (Å²) in [5.74, 6) is -1.91. The fraction of sp³-hybridized carbons (Fsp3) is 0.292. The number of nitrogens with one attached hydrogen (secondary N) is 1. The van der Waals surface area contributed by atoms with Crippen LogP contribution in [0.1, 0.15) is 12.0 Å². The predicted octanol–water partition coefficient (Wildman–Crippen LogP) is 3.18. The first-order valence-corrected chi connectivity index (χ1v) is 10.2. The second kappa shape index (κ2) is 7.20. The monoisotopic (exact) mass is 404 g/mol. The van der Waals surface area contributed by atoms with Crippen LogP contribution in [0.25, 0.3) is 0 Å². The molecule has 2 aromatic carbocycles. The Bertz CT molecular complexity index is 1000. The lowest BCUT2D eigenvalue weighted by Gasteiger charge is -2.27. The topological polar surface area (TPSA) is 66.5 Å². The molecule has 30 heavy (non-hydrogen) atoms. The Kier molecular flexibility index (Phi) is 4.50. The SMILES string of the molecule is O=C(Nc1ccc(F)cc1)[C@H](Cc1ccccc1)N1C(=O)[C@H]2[C@H](C1=O)[C@H]1C=C[C@H]2C1. The average Bonchev–Trinajstić information content (AvgIpc) is 3.43. The molecule has 152 valence electrons. The van der Waals surface area contributed by atoms with Gasteiger partial charge in [-0.25, -0.2) is 4.39 Å². The molecular formula is C24H21FN2O3. The Balaban J connectivity index is 1.45. The first-order valence-electron chi connectivity index (χ1n) is 10.2. The summed E-state index contributed by atoms with van der Waals surface area (Å²) in [5.41, 5.74) is 1.27. The highest BCUT2D eigenvalue weighted by Crippen LogP contribution is 2.53. The average molecular weight is 404 g/mol. The molecule has 2 aliphatic carbocycles. The van der Waals surface area contributed by atoms with Crippen LogP contribution in [0.2, 0.25) is 0 Å². The van der Waals surface area contributed by atoms with E-state index in [2.05, 4.69) is 5.32 Å². The van der Waals surface area contributed by atoms with Gasteiger partial charge in [-0.1, -0.05) is 42.5 Å². The van der Waals surface area contributed by atoms with Crippen molar-refractivity contribution in [3.63, 3.8) is 0 Å². The quantitative estimate of drug-likeness (QED) is 0.615. The third kappa shape index (κ3) is 3.03. The number of rotatable bonds is 5. The number of hydrogen-bond donors (Lipinski definition) is 1. The van der Waals surface area contributed by atoms with E-state index in [-0.39, 0.29) is 41.9 Å². The Morgan fingerprint density at radius 3 is 2.17 bits per heavy atom. The van der Waals surface area contributed by atoms with Gasteiger partial charge in [0.1, 0.15) is 11.9 Å². The second-order valence-corrected chi connectivity index (χ2v) is 8.25. The molecule has 3 aliphatic rings. The third-order valence-corrected chi connectivity index (χ3v) is 6.50. The van der Waals surface area contributed by atoms with Crippen molar-refractivity contribution in [1.29, 1.82) is 0 Å². The van der Waals surface area contributed by atoms with Gasteiger partial charge in [0.15, 0.2) is 0 Å². The van der Waals surface area contributed by atoms with E-state index in [1.165, 1.54) is 29.2 Å². The van der Waals surface area contributed by atoms with Crippen molar-refractivity contribution >= 4 is 23.4 Å². The van der Waals surface area contributed by atoms with Crippen LogP contribution in [-0.2, 0) is 20.8 Å². The summed E-state index contributed by atoms with van der Waals surface area (Å²) in [6.45, 7) is 0. The molecule has 2 aromatic rings. The highest BCUT2D eigenvalue weighted by atomic mass is 19.1. The van der Waals surface area contributed by atoms with E-state index in [1.54, 1.807) is 0 Å². The van der Waals surface area contributed by atoms with Gasteiger partial charge < -0.3 is 5.32 Å². The molecular weight excluding hydrogens is 383 g/mol. The minimum Gasteiger partial charge on any atom is -0.324 e. The number of hydrogen-bond acceptors (Lipinski definition) is 3. The largest absolute Gasteiger partial charge is 0.324 e. The number of halogens is 1. The van der Waals surface area contributed by atoms with E-state index in [0.29, 0.717) is 5.69 Å². The second-order valence-electron chi connectivity index (χ2n) is 8.25. The zero-order chi connectivity index (χ0) is 20.8. The van der Waals surface area contributed by atoms with Gasteiger partial charge in [-0.3, -0.25) is 19.3 Å². The first-order chi connectivity index (χ1) is 14.5. The molecule has 5 atom stereocenters. The molecule has 1 N–H and O–H groups in total. The Morgan fingerprint density at radius 1 is 0.967 bits per heavy atom. The maximum atomic E-state index is 13.3. The van der Waals surface area contributed by atoms with Crippen molar-refractivity contribution in [2.75, 3.05) is 5.32 Å². The molecule has 5 rings (SSSR count). The number of allylic oxidation sites excluding steroid dienone is 2. The predicted molar refractivity (Wildman–Crippen MR) is 109 cm³/mol. The van der Waals surface area contributed by atoms with Crippen molar-refractivity contribution in [2.45, 2.75) is 18.9 Å². The summed E-state index contributed by atoms with van der Waals surface area (Å²) >= 11 is 0. The first kappa shape index (κ1) is 18.7. The molecule has 1 aliphatic heterocycles. The Labute approximate surface area is 173 Å². The number of nitrogens with zero attached hydrogens (tertiary/aromatic N) is 1. The molecule has 2 fully saturated rings. The maximum Gasteiger partial charge on any atom is 0.248 e. The summed E-state index contributed by atoms with van der Waals surface area (Å²) in [7, 11) is 0. The van der Waals surface area contributed by atoms with E-state index in [4.69, 9.17) is 0 Å². The van der Waals surface area contributed by atoms with Crippen LogP contribution in [0.4, 0.5) is 10.1 Å². The normalized spacial score (nSPS) is 27.4. The van der Waals surface area contributed by atoms with Gasteiger partial charge in [0.05, 0.1) is 11.8 Å². The molecule has 0 unspecified atom stereocenters. The van der Waals surface area contributed by atoms with Crippen LogP contribution in [0, 0.1) is 29.5 Å². The molecule has 0 aromatic heterocycles. The molecule has 1 saturated heterocycles. The van der Waals surface area contributed by atoms with E-state index in [9.17, 15) is 18.8 Å². The van der Waals surface area contributed by atoms with Gasteiger partial charge >= 0.3 is 0 Å². The van der Waals surface area contributed by atoms with Gasteiger partial charge in [0.25, 0.3) is 0 Å². The smallest absolute Gasteiger partial charge is 0.248 e. The van der Waals surface area contributed by atoms with E-state index < -0.39 is 17.8 Å². The lowest BCUT2D eigenvalue weighted by atomic mass is 9.85. The number of imide groups is 1. The maximum absolute atomic E-state index is 13.3. The van der Waals surface area contributed by atoms with Crippen molar-refractivity contribution in [3.05, 3.63) is 78.1 Å². The third-order valence-electron chi connectivity index (χ3n) is 6.50. The minimum atomic E-state index is -0.956. The number of amides is 3. The van der Waals surface area contributed by atoms with E-state index in [0.717, 1.165) is 12.0 Å². The van der Waals surface area contributed by atoms with Crippen LogP contribution < -0.4 is 5.32 Å². The fourth-order valence-electron chi connectivity index (χ4n) is 5.13. The number of carbonyl (C=O) groups is 3. The summed E-state index contributed by atoms with van der Waals surface area (Å²) in [6.07, 6.45) is 5.13. The molecule has 0 spiro atoms. The lowest BCUT2D eigenvalue weighted by Crippen LogP contribution is -2.49. The van der Waals surface area contributed by atoms with Crippen LogP contribution in [0.3, 0.4) is 0 Å². The van der Waals surface area contributed by atoms with Crippen LogP contribution in [0.5, 0.6) is 0 Å². The van der Waals surface area contributed by atoms with Crippen molar-refractivity contribution in [2.24, 2.45) is 23.7 Å². The van der Waals surface area contributed by atoms with Gasteiger partial charge in [-0.15, -0.1) is 0 Å². The Morgan fingerprint density at radius 2 is 1.57 bits per heavy atom. The standard InChI is InChI=1S/C24H21FN2O3/c25-17-8-10-18(11-9-17)26-22(28)19(12-14-4-2-1-3-5-14)27-23(29)20-15-6-7-16(13-15)21(20)24(27)30/h1-11,15-16,19-21H,12-13H2,(H,26,28)/t15-,16-,19-,20+,21+/m0/s1. The number of anilines is 1. The van der Waals surface area contributed by atoms with Crippen molar-refractivity contribution < 1.29 is 18.8 Å².